The molecule has 0 fully saturated rings. The van der Waals surface area contributed by atoms with Gasteiger partial charge < -0.3 is 14.1 Å². The van der Waals surface area contributed by atoms with E-state index in [9.17, 15) is 13.0 Å². The van der Waals surface area contributed by atoms with E-state index < -0.39 is 10.1 Å². The van der Waals surface area contributed by atoms with Crippen LogP contribution < -0.4 is 0 Å². The Bertz CT molecular complexity index is 583. The van der Waals surface area contributed by atoms with Crippen LogP contribution >= 0.6 is 0 Å². The summed E-state index contributed by atoms with van der Waals surface area (Å²) in [6, 6.07) is 5.78. The quantitative estimate of drug-likeness (QED) is 0.325. The molecule has 0 aliphatic carbocycles. The molecular formula is C21H39NO4S. The van der Waals surface area contributed by atoms with E-state index in [1.807, 2.05) is 6.92 Å². The molecule has 0 bridgehead atoms. The monoisotopic (exact) mass is 401 g/mol. The van der Waals surface area contributed by atoms with Crippen molar-refractivity contribution in [3.05, 3.63) is 29.8 Å². The summed E-state index contributed by atoms with van der Waals surface area (Å²) >= 11 is 0. The molecule has 158 valence electrons. The predicted molar refractivity (Wildman–Crippen MR) is 111 cm³/mol. The zero-order valence-electron chi connectivity index (χ0n) is 17.6. The molecule has 1 aromatic rings. The highest BCUT2D eigenvalue weighted by atomic mass is 32.2. The lowest BCUT2D eigenvalue weighted by atomic mass is 10.1. The molecule has 0 aromatic heterocycles. The minimum atomic E-state index is -4.27. The van der Waals surface area contributed by atoms with Gasteiger partial charge in [0.1, 0.15) is 16.7 Å². The van der Waals surface area contributed by atoms with Crippen molar-refractivity contribution < 1.29 is 22.6 Å². The maximum absolute atomic E-state index is 10.4. The van der Waals surface area contributed by atoms with E-state index in [1.165, 1.54) is 70.0 Å². The number of benzene rings is 1. The molecule has 27 heavy (non-hydrogen) atoms. The van der Waals surface area contributed by atoms with Crippen LogP contribution in [0.2, 0.25) is 0 Å². The van der Waals surface area contributed by atoms with Crippen molar-refractivity contribution in [1.82, 2.24) is 0 Å². The van der Waals surface area contributed by atoms with Crippen LogP contribution in [0.15, 0.2) is 29.2 Å². The Hall–Kier alpha value is -0.950. The summed E-state index contributed by atoms with van der Waals surface area (Å²) in [6.45, 7) is 6.48. The van der Waals surface area contributed by atoms with Crippen molar-refractivity contribution in [2.45, 2.75) is 70.1 Å². The first kappa shape index (κ1) is 26.1. The predicted octanol–water partition coefficient (Wildman–Crippen LogP) is 4.09. The van der Waals surface area contributed by atoms with Gasteiger partial charge in [-0.25, -0.2) is 8.42 Å². The number of aryl methyl sites for hydroxylation is 1. The van der Waals surface area contributed by atoms with Gasteiger partial charge in [-0.3, -0.25) is 0 Å². The first-order valence-electron chi connectivity index (χ1n) is 10.1. The summed E-state index contributed by atoms with van der Waals surface area (Å²) in [6.07, 6.45) is 11.1. The van der Waals surface area contributed by atoms with Crippen LogP contribution in [0.3, 0.4) is 0 Å². The minimum Gasteiger partial charge on any atom is -0.744 e. The fourth-order valence-corrected chi connectivity index (χ4v) is 3.23. The summed E-state index contributed by atoms with van der Waals surface area (Å²) in [5.74, 6) is 0. The molecule has 0 radical (unpaired) electrons. The van der Waals surface area contributed by atoms with Gasteiger partial charge in [-0.15, -0.1) is 0 Å². The Labute approximate surface area is 166 Å². The van der Waals surface area contributed by atoms with E-state index in [0.717, 1.165) is 16.6 Å². The second-order valence-corrected chi connectivity index (χ2v) is 9.23. The van der Waals surface area contributed by atoms with Crippen molar-refractivity contribution in [2.24, 2.45) is 0 Å². The van der Waals surface area contributed by atoms with Crippen LogP contribution in [-0.2, 0) is 10.1 Å². The van der Waals surface area contributed by atoms with Gasteiger partial charge in [-0.2, -0.15) is 0 Å². The van der Waals surface area contributed by atoms with E-state index >= 15 is 0 Å². The molecule has 0 aliphatic heterocycles. The molecule has 0 heterocycles. The highest BCUT2D eigenvalue weighted by molar-refractivity contribution is 7.85. The first-order valence-corrected chi connectivity index (χ1v) is 11.5. The van der Waals surface area contributed by atoms with Crippen molar-refractivity contribution in [3.63, 3.8) is 0 Å². The molecule has 0 saturated heterocycles. The van der Waals surface area contributed by atoms with E-state index in [2.05, 4.69) is 21.0 Å². The smallest absolute Gasteiger partial charge is 0.124 e. The third kappa shape index (κ3) is 14.7. The number of unbranched alkanes of at least 4 members (excludes halogenated alkanes) is 7. The third-order valence-corrected chi connectivity index (χ3v) is 5.48. The molecule has 1 N–H and O–H groups in total. The molecule has 0 atom stereocenters. The normalized spacial score (nSPS) is 11.8. The number of likely N-dealkylation sites (N-methyl/N-ethyl adjacent to an activating group) is 1. The van der Waals surface area contributed by atoms with Gasteiger partial charge in [-0.05, 0) is 31.9 Å². The number of hydrogen-bond acceptors (Lipinski definition) is 4. The van der Waals surface area contributed by atoms with Crippen molar-refractivity contribution in [2.75, 3.05) is 33.8 Å². The van der Waals surface area contributed by atoms with Gasteiger partial charge in [0.25, 0.3) is 0 Å². The summed E-state index contributed by atoms with van der Waals surface area (Å²) in [5.41, 5.74) is 0.928. The van der Waals surface area contributed by atoms with E-state index in [-0.39, 0.29) is 4.90 Å². The summed E-state index contributed by atoms with van der Waals surface area (Å²) in [7, 11) is 0.142. The van der Waals surface area contributed by atoms with Crippen molar-refractivity contribution >= 4 is 10.1 Å². The average Bonchev–Trinajstić information content (AvgIpc) is 2.57. The fraction of sp³-hybridized carbons (Fsp3) is 0.714. The maximum atomic E-state index is 10.4. The van der Waals surface area contributed by atoms with Gasteiger partial charge in [0.15, 0.2) is 0 Å². The molecule has 0 saturated carbocycles. The number of hydrogen-bond donors (Lipinski definition) is 1. The summed E-state index contributed by atoms with van der Waals surface area (Å²) < 4.78 is 32.1. The lowest BCUT2D eigenvalue weighted by Crippen LogP contribution is -2.42. The summed E-state index contributed by atoms with van der Waals surface area (Å²) in [5, 5.41) is 8.91. The first-order chi connectivity index (χ1) is 12.6. The summed E-state index contributed by atoms with van der Waals surface area (Å²) in [4.78, 5) is -0.178. The number of nitrogens with zero attached hydrogens (tertiary/aromatic N) is 1. The van der Waals surface area contributed by atoms with Crippen LogP contribution in [0.4, 0.5) is 0 Å². The van der Waals surface area contributed by atoms with E-state index in [0.29, 0.717) is 6.61 Å². The van der Waals surface area contributed by atoms with Crippen LogP contribution in [0.5, 0.6) is 0 Å². The van der Waals surface area contributed by atoms with Crippen LogP contribution in [0.1, 0.15) is 63.9 Å². The number of aliphatic hydroxyl groups excluding tert-OH is 1. The topological polar surface area (TPSA) is 77.4 Å². The Balaban J connectivity index is 0.000000533. The second kappa shape index (κ2) is 14.1. The third-order valence-electron chi connectivity index (χ3n) is 4.63. The van der Waals surface area contributed by atoms with Gasteiger partial charge in [-0.1, -0.05) is 63.1 Å². The minimum absolute atomic E-state index is 0.178. The van der Waals surface area contributed by atoms with Crippen LogP contribution in [-0.4, -0.2) is 56.4 Å². The van der Waals surface area contributed by atoms with Gasteiger partial charge >= 0.3 is 0 Å². The van der Waals surface area contributed by atoms with E-state index in [1.54, 1.807) is 12.1 Å². The molecular weight excluding hydrogens is 362 g/mol. The fourth-order valence-electron chi connectivity index (χ4n) is 2.76. The lowest BCUT2D eigenvalue weighted by molar-refractivity contribution is -0.890. The average molecular weight is 402 g/mol. The SMILES string of the molecule is CCCCCCCCCC[N+](C)(C)CCO.Cc1ccc(S(=O)(=O)[O-])cc1. The molecule has 0 spiro atoms. The van der Waals surface area contributed by atoms with Crippen molar-refractivity contribution in [3.8, 4) is 0 Å². The van der Waals surface area contributed by atoms with Gasteiger partial charge in [0.05, 0.1) is 32.1 Å². The van der Waals surface area contributed by atoms with Gasteiger partial charge in [0.2, 0.25) is 0 Å². The largest absolute Gasteiger partial charge is 0.744 e. The van der Waals surface area contributed by atoms with E-state index in [4.69, 9.17) is 5.11 Å². The van der Waals surface area contributed by atoms with Crippen molar-refractivity contribution in [1.29, 1.82) is 0 Å². The highest BCUT2D eigenvalue weighted by Crippen LogP contribution is 2.10. The highest BCUT2D eigenvalue weighted by Gasteiger charge is 2.12. The zero-order chi connectivity index (χ0) is 20.8. The molecule has 0 amide bonds. The Morgan fingerprint density at radius 1 is 0.889 bits per heavy atom. The maximum Gasteiger partial charge on any atom is 0.124 e. The van der Waals surface area contributed by atoms with Crippen LogP contribution in [0, 0.1) is 6.92 Å². The Morgan fingerprint density at radius 2 is 1.37 bits per heavy atom. The van der Waals surface area contributed by atoms with Crippen LogP contribution in [0.25, 0.3) is 0 Å². The van der Waals surface area contributed by atoms with Gasteiger partial charge in [0, 0.05) is 0 Å². The molecule has 1 aromatic carbocycles. The molecule has 0 aliphatic rings. The number of aliphatic hydroxyl groups is 1. The Kier molecular flexibility index (Phi) is 13.6. The lowest BCUT2D eigenvalue weighted by Gasteiger charge is -2.28. The molecule has 0 unspecified atom stereocenters. The second-order valence-electron chi connectivity index (χ2n) is 7.85. The zero-order valence-corrected chi connectivity index (χ0v) is 18.4. The number of quaternary nitrogens is 1. The standard InChI is InChI=1S/C14H32NO.C7H8O3S/c1-4-5-6-7-8-9-10-11-12-15(2,3)13-14-16;1-6-2-4-7(5-3-6)11(8,9)10/h16H,4-14H2,1-3H3;2-5H,1H3,(H,8,9,10)/q+1;/p-1. The number of rotatable bonds is 12. The molecule has 1 rings (SSSR count). The Morgan fingerprint density at radius 3 is 1.81 bits per heavy atom. The molecule has 6 heteroatoms. The molecule has 5 nitrogen and oxygen atoms in total.